The molecule has 0 spiro atoms. The SMILES string of the molecule is CCOc1cc(C(F)(F)F)ccc1C1=NC(c2ccc(Cl)cc2)C(c2ccc(Cl)cc2)N1C(=O)N(C)CC1OCCCO1. The molecule has 12 heteroatoms. The van der Waals surface area contributed by atoms with E-state index >= 15 is 0 Å². The number of alkyl halides is 3. The highest BCUT2D eigenvalue weighted by Crippen LogP contribution is 2.46. The Labute approximate surface area is 257 Å². The van der Waals surface area contributed by atoms with Crippen LogP contribution in [-0.2, 0) is 15.7 Å². The third-order valence-electron chi connectivity index (χ3n) is 7.19. The molecule has 0 saturated carbocycles. The zero-order chi connectivity index (χ0) is 30.7. The molecule has 2 aliphatic rings. The Kier molecular flexibility index (Phi) is 9.51. The van der Waals surface area contributed by atoms with Gasteiger partial charge in [-0.05, 0) is 66.9 Å². The van der Waals surface area contributed by atoms with Crippen molar-refractivity contribution in [2.45, 2.75) is 37.9 Å². The summed E-state index contributed by atoms with van der Waals surface area (Å²) in [5.74, 6) is 0.126. The number of carbonyl (C=O) groups excluding carboxylic acids is 1. The van der Waals surface area contributed by atoms with E-state index in [2.05, 4.69) is 0 Å². The molecular formula is C31H30Cl2F3N3O4. The predicted molar refractivity (Wildman–Crippen MR) is 158 cm³/mol. The fourth-order valence-electron chi connectivity index (χ4n) is 5.14. The zero-order valence-electron chi connectivity index (χ0n) is 23.5. The number of hydrogen-bond acceptors (Lipinski definition) is 5. The van der Waals surface area contributed by atoms with E-state index in [1.165, 1.54) is 15.9 Å². The van der Waals surface area contributed by atoms with Gasteiger partial charge < -0.3 is 19.1 Å². The lowest BCUT2D eigenvalue weighted by molar-refractivity contribution is -0.182. The highest BCUT2D eigenvalue weighted by atomic mass is 35.5. The van der Waals surface area contributed by atoms with Gasteiger partial charge in [-0.15, -0.1) is 0 Å². The number of amidine groups is 1. The Morgan fingerprint density at radius 3 is 2.19 bits per heavy atom. The van der Waals surface area contributed by atoms with Crippen LogP contribution in [0.5, 0.6) is 5.75 Å². The number of urea groups is 1. The second-order valence-electron chi connectivity index (χ2n) is 10.1. The molecule has 7 nitrogen and oxygen atoms in total. The second kappa shape index (κ2) is 13.1. The average molecular weight is 636 g/mol. The normalized spacial score (nSPS) is 19.3. The first-order valence-corrected chi connectivity index (χ1v) is 14.5. The average Bonchev–Trinajstić information content (AvgIpc) is 3.38. The molecule has 2 aliphatic heterocycles. The smallest absolute Gasteiger partial charge is 0.416 e. The van der Waals surface area contributed by atoms with Gasteiger partial charge in [-0.3, -0.25) is 9.89 Å². The van der Waals surface area contributed by atoms with Crippen molar-refractivity contribution in [3.8, 4) is 5.75 Å². The van der Waals surface area contributed by atoms with Crippen LogP contribution in [0.15, 0.2) is 71.7 Å². The van der Waals surface area contributed by atoms with Gasteiger partial charge in [0.15, 0.2) is 6.29 Å². The maximum absolute atomic E-state index is 14.4. The van der Waals surface area contributed by atoms with Crippen LogP contribution in [0.3, 0.4) is 0 Å². The first kappa shape index (κ1) is 31.1. The molecule has 0 bridgehead atoms. The van der Waals surface area contributed by atoms with Crippen LogP contribution in [0.2, 0.25) is 10.0 Å². The number of ether oxygens (including phenoxy) is 3. The largest absolute Gasteiger partial charge is 0.493 e. The molecule has 1 fully saturated rings. The standard InChI is InChI=1S/C31H30Cl2F3N3O4/c1-3-41-25-17-21(31(34,35)36)9-14-24(25)29-37-27(19-5-10-22(32)11-6-19)28(20-7-12-23(33)13-8-20)39(29)30(40)38(2)18-26-42-15-4-16-43-26/h5-14,17,26-28H,3-4,15-16,18H2,1-2H3. The number of halogens is 5. The number of aliphatic imine (C=N–C) groups is 1. The lowest BCUT2D eigenvalue weighted by atomic mass is 9.93. The van der Waals surface area contributed by atoms with Gasteiger partial charge in [0.2, 0.25) is 0 Å². The number of carbonyl (C=O) groups is 1. The Balaban J connectivity index is 1.66. The monoisotopic (exact) mass is 635 g/mol. The van der Waals surface area contributed by atoms with E-state index in [1.54, 1.807) is 50.4 Å². The van der Waals surface area contributed by atoms with Gasteiger partial charge in [0, 0.05) is 17.1 Å². The van der Waals surface area contributed by atoms with E-state index in [0.29, 0.717) is 23.3 Å². The van der Waals surface area contributed by atoms with E-state index in [1.807, 2.05) is 12.1 Å². The summed E-state index contributed by atoms with van der Waals surface area (Å²) in [7, 11) is 1.62. The predicted octanol–water partition coefficient (Wildman–Crippen LogP) is 7.77. The quantitative estimate of drug-likeness (QED) is 0.266. The molecule has 3 aromatic rings. The topological polar surface area (TPSA) is 63.6 Å². The van der Waals surface area contributed by atoms with Crippen LogP contribution in [0.1, 0.15) is 47.7 Å². The van der Waals surface area contributed by atoms with Crippen molar-refractivity contribution in [2.24, 2.45) is 4.99 Å². The number of hydrogen-bond donors (Lipinski definition) is 0. The van der Waals surface area contributed by atoms with Crippen molar-refractivity contribution in [3.05, 3.63) is 99.0 Å². The molecule has 1 saturated heterocycles. The van der Waals surface area contributed by atoms with E-state index in [4.69, 9.17) is 42.4 Å². The molecule has 5 rings (SSSR count). The molecule has 2 amide bonds. The molecule has 0 aromatic heterocycles. The maximum Gasteiger partial charge on any atom is 0.416 e. The Bertz CT molecular complexity index is 1460. The number of amides is 2. The van der Waals surface area contributed by atoms with Gasteiger partial charge in [-0.25, -0.2) is 4.79 Å². The fraction of sp³-hybridized carbons (Fsp3) is 0.355. The zero-order valence-corrected chi connectivity index (χ0v) is 25.0. The van der Waals surface area contributed by atoms with E-state index in [9.17, 15) is 18.0 Å². The molecule has 2 heterocycles. The number of likely N-dealkylation sites (N-methyl/N-ethyl adjacent to an activating group) is 1. The van der Waals surface area contributed by atoms with Crippen LogP contribution in [0.4, 0.5) is 18.0 Å². The highest BCUT2D eigenvalue weighted by Gasteiger charge is 2.45. The Morgan fingerprint density at radius 2 is 1.60 bits per heavy atom. The maximum atomic E-state index is 14.4. The summed E-state index contributed by atoms with van der Waals surface area (Å²) in [6.45, 7) is 2.94. The summed E-state index contributed by atoms with van der Waals surface area (Å²) < 4.78 is 58.1. The molecule has 0 aliphatic carbocycles. The van der Waals surface area contributed by atoms with Crippen LogP contribution in [0, 0.1) is 0 Å². The van der Waals surface area contributed by atoms with Gasteiger partial charge in [-0.2, -0.15) is 13.2 Å². The molecular weight excluding hydrogens is 606 g/mol. The Morgan fingerprint density at radius 1 is 1.00 bits per heavy atom. The minimum absolute atomic E-state index is 0.0397. The van der Waals surface area contributed by atoms with E-state index in [0.717, 1.165) is 29.7 Å². The third kappa shape index (κ3) is 6.93. The first-order chi connectivity index (χ1) is 20.6. The van der Waals surface area contributed by atoms with Crippen molar-refractivity contribution in [1.82, 2.24) is 9.80 Å². The van der Waals surface area contributed by atoms with E-state index < -0.39 is 36.1 Å². The minimum atomic E-state index is -4.59. The molecule has 228 valence electrons. The van der Waals surface area contributed by atoms with Crippen LogP contribution in [-0.4, -0.2) is 61.4 Å². The minimum Gasteiger partial charge on any atom is -0.493 e. The van der Waals surface area contributed by atoms with Crippen molar-refractivity contribution < 1.29 is 32.2 Å². The number of nitrogens with zero attached hydrogens (tertiary/aromatic N) is 3. The highest BCUT2D eigenvalue weighted by molar-refractivity contribution is 6.30. The van der Waals surface area contributed by atoms with Crippen molar-refractivity contribution in [1.29, 1.82) is 0 Å². The molecule has 0 radical (unpaired) electrons. The van der Waals surface area contributed by atoms with Crippen molar-refractivity contribution in [2.75, 3.05) is 33.4 Å². The molecule has 43 heavy (non-hydrogen) atoms. The molecule has 3 aromatic carbocycles. The van der Waals surface area contributed by atoms with Gasteiger partial charge in [-0.1, -0.05) is 47.5 Å². The molecule has 2 atom stereocenters. The molecule has 0 N–H and O–H groups in total. The summed E-state index contributed by atoms with van der Waals surface area (Å²) in [5, 5.41) is 1.03. The van der Waals surface area contributed by atoms with Crippen molar-refractivity contribution in [3.63, 3.8) is 0 Å². The lowest BCUT2D eigenvalue weighted by Crippen LogP contribution is -2.48. The van der Waals surface area contributed by atoms with Crippen LogP contribution < -0.4 is 4.74 Å². The number of benzene rings is 3. The van der Waals surface area contributed by atoms with Gasteiger partial charge >= 0.3 is 12.2 Å². The second-order valence-corrected chi connectivity index (χ2v) is 11.0. The van der Waals surface area contributed by atoms with Crippen LogP contribution in [0.25, 0.3) is 0 Å². The van der Waals surface area contributed by atoms with Crippen LogP contribution >= 0.6 is 23.2 Å². The van der Waals surface area contributed by atoms with Gasteiger partial charge in [0.05, 0.1) is 43.5 Å². The van der Waals surface area contributed by atoms with Gasteiger partial charge in [0.25, 0.3) is 0 Å². The summed E-state index contributed by atoms with van der Waals surface area (Å²) in [5.41, 5.74) is 0.851. The fourth-order valence-corrected chi connectivity index (χ4v) is 5.39. The van der Waals surface area contributed by atoms with Gasteiger partial charge in [0.1, 0.15) is 17.6 Å². The summed E-state index contributed by atoms with van der Waals surface area (Å²) in [6, 6.07) is 15.5. The summed E-state index contributed by atoms with van der Waals surface area (Å²) in [4.78, 5) is 22.3. The summed E-state index contributed by atoms with van der Waals surface area (Å²) >= 11 is 12.4. The first-order valence-electron chi connectivity index (χ1n) is 13.8. The Hall–Kier alpha value is -3.31. The van der Waals surface area contributed by atoms with E-state index in [-0.39, 0.29) is 30.3 Å². The lowest BCUT2D eigenvalue weighted by Gasteiger charge is -2.35. The molecule has 2 unspecified atom stereocenters. The van der Waals surface area contributed by atoms with Crippen molar-refractivity contribution >= 4 is 35.1 Å². The number of rotatable bonds is 7. The third-order valence-corrected chi connectivity index (χ3v) is 7.70. The summed E-state index contributed by atoms with van der Waals surface area (Å²) in [6.07, 6.45) is -4.45.